The number of aryl methyl sites for hydroxylation is 1. The Hall–Kier alpha value is -1.50. The van der Waals surface area contributed by atoms with Crippen LogP contribution in [0, 0.1) is 12.8 Å². The normalized spacial score (nSPS) is 35.7. The van der Waals surface area contributed by atoms with Gasteiger partial charge in [0, 0.05) is 43.4 Å². The zero-order valence-corrected chi connectivity index (χ0v) is 20.1. The molecule has 0 amide bonds. The van der Waals surface area contributed by atoms with Gasteiger partial charge in [-0.3, -0.25) is 9.89 Å². The van der Waals surface area contributed by atoms with E-state index in [2.05, 4.69) is 35.4 Å². The van der Waals surface area contributed by atoms with Gasteiger partial charge in [-0.25, -0.2) is 8.78 Å². The Labute approximate surface area is 200 Å². The minimum Gasteiger partial charge on any atom is -0.379 e. The summed E-state index contributed by atoms with van der Waals surface area (Å²) in [4.78, 5) is 7.35. The summed E-state index contributed by atoms with van der Waals surface area (Å²) in [5.41, 5.74) is 0.177. The van der Waals surface area contributed by atoms with E-state index in [4.69, 9.17) is 16.6 Å². The van der Waals surface area contributed by atoms with Crippen molar-refractivity contribution >= 4 is 17.4 Å². The number of halogens is 3. The number of allylic oxidation sites excluding steroid dienone is 2. The highest BCUT2D eigenvalue weighted by Gasteiger charge is 2.71. The number of nitrogens with one attached hydrogen (secondary N) is 1. The Bertz CT molecular complexity index is 939. The number of amidine groups is 1. The molecule has 1 saturated carbocycles. The monoisotopic (exact) mass is 477 g/mol. The largest absolute Gasteiger partial charge is 0.379 e. The van der Waals surface area contributed by atoms with Crippen LogP contribution in [0.5, 0.6) is 0 Å². The first-order chi connectivity index (χ1) is 15.7. The summed E-state index contributed by atoms with van der Waals surface area (Å²) in [6.45, 7) is 4.75. The fraction of sp³-hybridized carbons (Fsp3) is 0.654. The van der Waals surface area contributed by atoms with E-state index >= 15 is 0 Å². The summed E-state index contributed by atoms with van der Waals surface area (Å²) in [6, 6.07) is 6.27. The fourth-order valence-corrected chi connectivity index (χ4v) is 6.78. The van der Waals surface area contributed by atoms with Crippen molar-refractivity contribution in [3.05, 3.63) is 46.5 Å². The van der Waals surface area contributed by atoms with Crippen molar-refractivity contribution in [3.63, 3.8) is 0 Å². The van der Waals surface area contributed by atoms with Crippen LogP contribution >= 0.6 is 11.6 Å². The number of hydrogen-bond acceptors (Lipinski definition) is 3. The highest BCUT2D eigenvalue weighted by Crippen LogP contribution is 2.55. The molecule has 4 aliphatic rings. The maximum absolute atomic E-state index is 14.2. The van der Waals surface area contributed by atoms with Gasteiger partial charge in [0.25, 0.3) is 5.92 Å². The Morgan fingerprint density at radius 2 is 1.94 bits per heavy atom. The maximum Gasteiger partial charge on any atom is 0.250 e. The van der Waals surface area contributed by atoms with Crippen LogP contribution in [0.15, 0.2) is 35.3 Å². The fourth-order valence-electron chi connectivity index (χ4n) is 6.47. The van der Waals surface area contributed by atoms with E-state index in [0.717, 1.165) is 62.3 Å². The Morgan fingerprint density at radius 3 is 2.58 bits per heavy atom. The van der Waals surface area contributed by atoms with Crippen LogP contribution in [0.2, 0.25) is 5.02 Å². The number of benzene rings is 1. The molecule has 2 N–H and O–H groups in total. The van der Waals surface area contributed by atoms with Gasteiger partial charge >= 0.3 is 0 Å². The molecular formula is C26H34ClF2N3O. The summed E-state index contributed by atoms with van der Waals surface area (Å²) in [5.74, 6) is -2.21. The van der Waals surface area contributed by atoms with Crippen molar-refractivity contribution in [3.8, 4) is 0 Å². The van der Waals surface area contributed by atoms with Gasteiger partial charge in [0.15, 0.2) is 0 Å². The molecule has 0 radical (unpaired) electrons. The van der Waals surface area contributed by atoms with Crippen molar-refractivity contribution in [1.29, 1.82) is 0 Å². The van der Waals surface area contributed by atoms with E-state index < -0.39 is 17.1 Å². The molecule has 180 valence electrons. The van der Waals surface area contributed by atoms with Gasteiger partial charge in [0.1, 0.15) is 11.4 Å². The smallest absolute Gasteiger partial charge is 0.250 e. The molecule has 7 heteroatoms. The lowest BCUT2D eigenvalue weighted by atomic mass is 9.60. The summed E-state index contributed by atoms with van der Waals surface area (Å²) in [5, 5.41) is 16.0. The quantitative estimate of drug-likeness (QED) is 0.581. The summed E-state index contributed by atoms with van der Waals surface area (Å²) in [6.07, 6.45) is 8.26. The lowest BCUT2D eigenvalue weighted by Crippen LogP contribution is -2.83. The van der Waals surface area contributed by atoms with Crippen LogP contribution in [0.25, 0.3) is 0 Å². The highest BCUT2D eigenvalue weighted by molar-refractivity contribution is 6.30. The third-order valence-electron chi connectivity index (χ3n) is 8.16. The van der Waals surface area contributed by atoms with E-state index in [1.54, 1.807) is 0 Å². The molecule has 1 spiro atoms. The number of hydrogen-bond donors (Lipinski definition) is 2. The SMILES string of the molecule is Cc1cc(Cl)cc(CN2CCC(N=C3N[C@]4(CCC(F)(F)C4)[C@@]3(O)C3CC=CCC3)CC2)c1. The molecule has 2 aliphatic carbocycles. The first-order valence-electron chi connectivity index (χ1n) is 12.3. The van der Waals surface area contributed by atoms with E-state index in [9.17, 15) is 13.9 Å². The van der Waals surface area contributed by atoms with Gasteiger partial charge in [-0.2, -0.15) is 0 Å². The van der Waals surface area contributed by atoms with Crippen molar-refractivity contribution in [2.45, 2.75) is 87.9 Å². The lowest BCUT2D eigenvalue weighted by Gasteiger charge is -2.60. The predicted molar refractivity (Wildman–Crippen MR) is 128 cm³/mol. The Kier molecular flexibility index (Phi) is 6.07. The molecule has 0 aromatic heterocycles. The number of aliphatic hydroxyl groups is 1. The maximum atomic E-state index is 14.2. The number of aliphatic imine (C=N–C) groups is 1. The Balaban J connectivity index is 1.27. The van der Waals surface area contributed by atoms with E-state index in [0.29, 0.717) is 12.3 Å². The number of alkyl halides is 2. The predicted octanol–water partition coefficient (Wildman–Crippen LogP) is 5.26. The van der Waals surface area contributed by atoms with Crippen LogP contribution in [-0.2, 0) is 6.54 Å². The van der Waals surface area contributed by atoms with Crippen LogP contribution in [0.4, 0.5) is 8.78 Å². The molecule has 3 atom stereocenters. The van der Waals surface area contributed by atoms with E-state index in [1.165, 1.54) is 5.56 Å². The number of likely N-dealkylation sites (tertiary alicyclic amines) is 1. The summed E-state index contributed by atoms with van der Waals surface area (Å²) in [7, 11) is 0. The molecule has 33 heavy (non-hydrogen) atoms. The van der Waals surface area contributed by atoms with Gasteiger partial charge in [-0.15, -0.1) is 0 Å². The second-order valence-electron chi connectivity index (χ2n) is 10.6. The third kappa shape index (κ3) is 4.35. The standard InChI is InChI=1S/C26H34ClF2N3O/c1-18-13-19(15-21(27)14-18)16-32-11-7-22(8-12-32)30-23-26(33,20-5-3-2-4-6-20)24(31-23)9-10-25(28,29)17-24/h2-3,13-15,20,22,33H,4-12,16-17H2,1H3,(H,30,31)/t20?,24-,26+/m0/s1. The second-order valence-corrected chi connectivity index (χ2v) is 11.0. The van der Waals surface area contributed by atoms with Crippen molar-refractivity contribution < 1.29 is 13.9 Å². The zero-order chi connectivity index (χ0) is 23.3. The molecule has 0 bridgehead atoms. The third-order valence-corrected chi connectivity index (χ3v) is 8.38. The van der Waals surface area contributed by atoms with Crippen molar-refractivity contribution in [2.75, 3.05) is 13.1 Å². The van der Waals surface area contributed by atoms with E-state index in [1.807, 2.05) is 12.1 Å². The van der Waals surface area contributed by atoms with Crippen LogP contribution in [0.1, 0.15) is 62.5 Å². The number of nitrogens with zero attached hydrogens (tertiary/aromatic N) is 2. The Morgan fingerprint density at radius 1 is 1.15 bits per heavy atom. The molecular weight excluding hydrogens is 444 g/mol. The molecule has 1 aromatic rings. The summed E-state index contributed by atoms with van der Waals surface area (Å²) < 4.78 is 28.4. The van der Waals surface area contributed by atoms with Crippen LogP contribution in [0.3, 0.4) is 0 Å². The molecule has 3 fully saturated rings. The van der Waals surface area contributed by atoms with Crippen molar-refractivity contribution in [2.24, 2.45) is 10.9 Å². The van der Waals surface area contributed by atoms with Gasteiger partial charge in [0.05, 0.1) is 11.6 Å². The highest BCUT2D eigenvalue weighted by atomic mass is 35.5. The molecule has 2 heterocycles. The van der Waals surface area contributed by atoms with Gasteiger partial charge < -0.3 is 10.4 Å². The second kappa shape index (κ2) is 8.62. The van der Waals surface area contributed by atoms with Crippen LogP contribution < -0.4 is 5.32 Å². The van der Waals surface area contributed by atoms with Gasteiger partial charge in [-0.05, 0) is 68.7 Å². The van der Waals surface area contributed by atoms with E-state index in [-0.39, 0.29) is 24.8 Å². The van der Waals surface area contributed by atoms with Crippen LogP contribution in [-0.4, -0.2) is 52.0 Å². The molecule has 1 aromatic carbocycles. The molecule has 4 nitrogen and oxygen atoms in total. The first kappa shape index (κ1) is 23.3. The first-order valence-corrected chi connectivity index (χ1v) is 12.7. The topological polar surface area (TPSA) is 47.9 Å². The van der Waals surface area contributed by atoms with Crippen molar-refractivity contribution in [1.82, 2.24) is 10.2 Å². The summed E-state index contributed by atoms with van der Waals surface area (Å²) >= 11 is 6.21. The minimum atomic E-state index is -2.72. The average molecular weight is 478 g/mol. The minimum absolute atomic E-state index is 0.0532. The molecule has 2 saturated heterocycles. The lowest BCUT2D eigenvalue weighted by molar-refractivity contribution is -0.0917. The average Bonchev–Trinajstić information content (AvgIpc) is 3.11. The number of rotatable bonds is 4. The number of piperidine rings is 1. The molecule has 2 aliphatic heterocycles. The van der Waals surface area contributed by atoms with Gasteiger partial charge in [0.2, 0.25) is 0 Å². The molecule has 1 unspecified atom stereocenters. The molecule has 5 rings (SSSR count). The zero-order valence-electron chi connectivity index (χ0n) is 19.3. The van der Waals surface area contributed by atoms with Gasteiger partial charge in [-0.1, -0.05) is 29.8 Å².